The van der Waals surface area contributed by atoms with Gasteiger partial charge in [0, 0.05) is 39.5 Å². The van der Waals surface area contributed by atoms with Crippen molar-refractivity contribution in [2.45, 2.75) is 57.3 Å². The average molecular weight is 588 g/mol. The topological polar surface area (TPSA) is 214 Å². The van der Waals surface area contributed by atoms with Crippen LogP contribution in [0.5, 0.6) is 0 Å². The standard InChI is InChI=1S/C27H41N9O6/c1-30-26(41)21(37)10-9-18(31-25(40)20(13-28)35(3)29)24(39)32-19-8-5-11-36(27(19)42)15-22(38)33-23-17-7-4-6-16(12-17)14-34(23)2/h5,8,11,13,16-18,23H,4,6-7,9-10,12,14-15,28-29H2,1-3H3,(H,30,41)(H,31,40)(H,32,39)(H,33,38)/b20-13-/t16?,17?,18-,23?/m0/s1. The van der Waals surface area contributed by atoms with E-state index in [0.29, 0.717) is 11.8 Å². The lowest BCUT2D eigenvalue weighted by atomic mass is 9.76. The van der Waals surface area contributed by atoms with Crippen LogP contribution < -0.4 is 38.4 Å². The van der Waals surface area contributed by atoms with Crippen molar-refractivity contribution >= 4 is 35.1 Å². The second-order valence-electron chi connectivity index (χ2n) is 10.8. The second-order valence-corrected chi connectivity index (χ2v) is 10.8. The molecule has 2 bridgehead atoms. The minimum Gasteiger partial charge on any atom is -0.403 e. The van der Waals surface area contributed by atoms with E-state index in [9.17, 15) is 28.8 Å². The number of amides is 4. The van der Waals surface area contributed by atoms with Crippen molar-refractivity contribution in [1.29, 1.82) is 0 Å². The van der Waals surface area contributed by atoms with Crippen LogP contribution in [0.25, 0.3) is 0 Å². The maximum Gasteiger partial charge on any atom is 0.287 e. The molecule has 2 aliphatic rings. The van der Waals surface area contributed by atoms with E-state index >= 15 is 0 Å². The minimum atomic E-state index is -1.33. The molecule has 4 amide bonds. The summed E-state index contributed by atoms with van der Waals surface area (Å²) in [5.41, 5.74) is 4.54. The Morgan fingerprint density at radius 2 is 1.93 bits per heavy atom. The van der Waals surface area contributed by atoms with Gasteiger partial charge in [-0.25, -0.2) is 5.84 Å². The van der Waals surface area contributed by atoms with Crippen molar-refractivity contribution in [3.63, 3.8) is 0 Å². The summed E-state index contributed by atoms with van der Waals surface area (Å²) in [4.78, 5) is 77.8. The average Bonchev–Trinajstić information content (AvgIpc) is 2.94. The quantitative estimate of drug-likeness (QED) is 0.0696. The number of hydrogen-bond acceptors (Lipinski definition) is 10. The lowest BCUT2D eigenvalue weighted by Crippen LogP contribution is -2.57. The first-order valence-corrected chi connectivity index (χ1v) is 13.9. The summed E-state index contributed by atoms with van der Waals surface area (Å²) >= 11 is 0. The van der Waals surface area contributed by atoms with E-state index in [1.165, 1.54) is 43.4 Å². The molecule has 1 aliphatic heterocycles. The van der Waals surface area contributed by atoms with Gasteiger partial charge < -0.3 is 36.6 Å². The number of rotatable bonds is 12. The summed E-state index contributed by atoms with van der Waals surface area (Å²) in [5, 5.41) is 11.1. The van der Waals surface area contributed by atoms with Crippen molar-refractivity contribution < 1.29 is 24.0 Å². The van der Waals surface area contributed by atoms with Crippen molar-refractivity contribution in [2.24, 2.45) is 23.4 Å². The zero-order valence-corrected chi connectivity index (χ0v) is 24.2. The fourth-order valence-electron chi connectivity index (χ4n) is 5.62. The highest BCUT2D eigenvalue weighted by Gasteiger charge is 2.37. The number of fused-ring (bicyclic) bond motifs is 2. The number of hydrogen-bond donors (Lipinski definition) is 6. The number of nitrogens with one attached hydrogen (secondary N) is 4. The van der Waals surface area contributed by atoms with E-state index in [2.05, 4.69) is 26.2 Å². The van der Waals surface area contributed by atoms with Crippen LogP contribution in [-0.2, 0) is 30.5 Å². The number of aromatic nitrogens is 1. The molecule has 1 aromatic heterocycles. The molecular weight excluding hydrogens is 546 g/mol. The van der Waals surface area contributed by atoms with E-state index in [0.717, 1.165) is 37.0 Å². The van der Waals surface area contributed by atoms with Crippen LogP contribution in [0, 0.1) is 11.8 Å². The molecule has 1 saturated heterocycles. The number of likely N-dealkylation sites (N-methyl/N-ethyl adjacent to an activating group) is 2. The Balaban J connectivity index is 1.71. The third kappa shape index (κ3) is 8.16. The molecule has 15 nitrogen and oxygen atoms in total. The van der Waals surface area contributed by atoms with Crippen LogP contribution in [0.3, 0.4) is 0 Å². The summed E-state index contributed by atoms with van der Waals surface area (Å²) < 4.78 is 1.18. The van der Waals surface area contributed by atoms with Crippen LogP contribution in [0.2, 0.25) is 0 Å². The Bertz CT molecular complexity index is 1270. The number of anilines is 1. The van der Waals surface area contributed by atoms with Gasteiger partial charge in [0.05, 0.1) is 6.17 Å². The fourth-order valence-corrected chi connectivity index (χ4v) is 5.62. The Morgan fingerprint density at radius 3 is 2.60 bits per heavy atom. The zero-order chi connectivity index (χ0) is 31.0. The molecule has 2 heterocycles. The van der Waals surface area contributed by atoms with E-state index in [1.807, 2.05) is 7.05 Å². The number of carbonyl (C=O) groups excluding carboxylic acids is 5. The summed E-state index contributed by atoms with van der Waals surface area (Å²) in [6.07, 6.45) is 6.13. The van der Waals surface area contributed by atoms with Gasteiger partial charge in [0.25, 0.3) is 17.4 Å². The molecule has 0 spiro atoms. The van der Waals surface area contributed by atoms with Crippen LogP contribution >= 0.6 is 0 Å². The Kier molecular flexibility index (Phi) is 11.2. The molecule has 4 atom stereocenters. The van der Waals surface area contributed by atoms with Crippen molar-refractivity contribution in [1.82, 2.24) is 30.4 Å². The monoisotopic (exact) mass is 587 g/mol. The van der Waals surface area contributed by atoms with Gasteiger partial charge in [-0.1, -0.05) is 6.42 Å². The lowest BCUT2D eigenvalue weighted by molar-refractivity contribution is -0.137. The Morgan fingerprint density at radius 1 is 1.19 bits per heavy atom. The highest BCUT2D eigenvalue weighted by Crippen LogP contribution is 2.36. The first-order chi connectivity index (χ1) is 19.9. The van der Waals surface area contributed by atoms with Crippen LogP contribution in [0.15, 0.2) is 35.0 Å². The first kappa shape index (κ1) is 32.3. The molecule has 230 valence electrons. The molecule has 0 radical (unpaired) electrons. The van der Waals surface area contributed by atoms with Crippen LogP contribution in [0.4, 0.5) is 5.69 Å². The van der Waals surface area contributed by atoms with Crippen molar-refractivity contribution in [3.05, 3.63) is 40.6 Å². The molecule has 15 heteroatoms. The number of Topliss-reactive ketones (excluding diaryl/α,β-unsaturated/α-hetero) is 1. The molecule has 2 fully saturated rings. The Labute approximate surface area is 244 Å². The van der Waals surface area contributed by atoms with Crippen LogP contribution in [-0.4, -0.2) is 83.8 Å². The number of nitrogens with zero attached hydrogens (tertiary/aromatic N) is 3. The molecule has 3 unspecified atom stereocenters. The summed E-state index contributed by atoms with van der Waals surface area (Å²) in [6.45, 7) is 0.663. The van der Waals surface area contributed by atoms with Crippen LogP contribution in [0.1, 0.15) is 38.5 Å². The van der Waals surface area contributed by atoms with Gasteiger partial charge in [-0.05, 0) is 56.7 Å². The zero-order valence-electron chi connectivity index (χ0n) is 24.2. The molecule has 1 aromatic rings. The normalized spacial score (nSPS) is 21.0. The third-order valence-corrected chi connectivity index (χ3v) is 7.72. The molecular formula is C27H41N9O6. The SMILES string of the molecule is CNC(=O)C(=O)CC[C@H](NC(=O)/C(=C/N)N(C)N)C(=O)Nc1cccn(CC(=O)NC2C3CCCC(C3)CN2C)c1=O. The second kappa shape index (κ2) is 14.6. The van der Waals surface area contributed by atoms with Gasteiger partial charge in [0.1, 0.15) is 24.0 Å². The Hall–Kier alpha value is -4.24. The minimum absolute atomic E-state index is 0.102. The third-order valence-electron chi connectivity index (χ3n) is 7.72. The number of ketones is 1. The number of nitrogens with two attached hydrogens (primary N) is 2. The number of carbonyl (C=O) groups is 5. The van der Waals surface area contributed by atoms with Gasteiger partial charge >= 0.3 is 0 Å². The predicted molar refractivity (Wildman–Crippen MR) is 154 cm³/mol. The summed E-state index contributed by atoms with van der Waals surface area (Å²) in [5.74, 6) is 3.02. The number of pyridine rings is 1. The maximum absolute atomic E-state index is 13.2. The maximum atomic E-state index is 13.2. The lowest BCUT2D eigenvalue weighted by Gasteiger charge is -2.46. The highest BCUT2D eigenvalue weighted by atomic mass is 16.2. The van der Waals surface area contributed by atoms with Gasteiger partial charge in [-0.15, -0.1) is 0 Å². The first-order valence-electron chi connectivity index (χ1n) is 13.9. The van der Waals surface area contributed by atoms with Gasteiger partial charge in [0.2, 0.25) is 17.6 Å². The largest absolute Gasteiger partial charge is 0.403 e. The number of likely N-dealkylation sites (tertiary alicyclic amines) is 1. The van der Waals surface area contributed by atoms with Crippen molar-refractivity contribution in [3.8, 4) is 0 Å². The summed E-state index contributed by atoms with van der Waals surface area (Å²) in [7, 11) is 4.65. The predicted octanol–water partition coefficient (Wildman–Crippen LogP) is -1.83. The highest BCUT2D eigenvalue weighted by molar-refractivity contribution is 6.36. The molecule has 1 saturated carbocycles. The van der Waals surface area contributed by atoms with E-state index in [4.69, 9.17) is 11.6 Å². The molecule has 0 aromatic carbocycles. The fraction of sp³-hybridized carbons (Fsp3) is 0.556. The van der Waals surface area contributed by atoms with E-state index < -0.39 is 35.1 Å². The van der Waals surface area contributed by atoms with E-state index in [-0.39, 0.29) is 42.8 Å². The smallest absolute Gasteiger partial charge is 0.287 e. The molecule has 8 N–H and O–H groups in total. The van der Waals surface area contributed by atoms with E-state index in [1.54, 1.807) is 0 Å². The number of piperidine rings is 1. The molecule has 42 heavy (non-hydrogen) atoms. The summed E-state index contributed by atoms with van der Waals surface area (Å²) in [6, 6.07) is 1.53. The molecule has 1 aliphatic carbocycles. The van der Waals surface area contributed by atoms with Gasteiger partial charge in [0.15, 0.2) is 0 Å². The van der Waals surface area contributed by atoms with Crippen molar-refractivity contribution in [2.75, 3.05) is 33.0 Å². The van der Waals surface area contributed by atoms with Gasteiger partial charge in [-0.3, -0.25) is 33.7 Å². The van der Waals surface area contributed by atoms with Gasteiger partial charge in [-0.2, -0.15) is 0 Å². The molecule has 3 rings (SSSR count). The number of hydrazine groups is 1.